The third kappa shape index (κ3) is 4.01. The molecule has 0 spiro atoms. The van der Waals surface area contributed by atoms with E-state index < -0.39 is 5.54 Å². The summed E-state index contributed by atoms with van der Waals surface area (Å²) in [6.07, 6.45) is 1.15. The molecule has 1 aliphatic rings. The van der Waals surface area contributed by atoms with Crippen molar-refractivity contribution < 1.29 is 23.7 Å². The quantitative estimate of drug-likeness (QED) is 0.611. The average Bonchev–Trinajstić information content (AvgIpc) is 2.91. The fourth-order valence-corrected chi connectivity index (χ4v) is 1.99. The lowest BCUT2D eigenvalue weighted by molar-refractivity contribution is -0.149. The topological polar surface area (TPSA) is 80.0 Å². The molecule has 6 nitrogen and oxygen atoms in total. The van der Waals surface area contributed by atoms with Gasteiger partial charge in [0.25, 0.3) is 0 Å². The molecule has 116 valence electrons. The van der Waals surface area contributed by atoms with Gasteiger partial charge in [-0.25, -0.2) is 0 Å². The van der Waals surface area contributed by atoms with E-state index >= 15 is 0 Å². The minimum absolute atomic E-state index is 0.240. The Kier molecular flexibility index (Phi) is 4.90. The van der Waals surface area contributed by atoms with Crippen molar-refractivity contribution in [2.24, 2.45) is 5.73 Å². The molecule has 1 aliphatic heterocycles. The Hall–Kier alpha value is -1.95. The van der Waals surface area contributed by atoms with Crippen LogP contribution in [0, 0.1) is 0 Å². The van der Waals surface area contributed by atoms with E-state index in [0.29, 0.717) is 37.6 Å². The average molecular weight is 295 g/mol. The number of esters is 1. The van der Waals surface area contributed by atoms with Gasteiger partial charge in [-0.15, -0.1) is 0 Å². The molecule has 1 atom stereocenters. The number of rotatable bonds is 7. The molecular weight excluding hydrogens is 274 g/mol. The summed E-state index contributed by atoms with van der Waals surface area (Å²) in [5, 5.41) is 0. The van der Waals surface area contributed by atoms with E-state index in [9.17, 15) is 4.79 Å². The summed E-state index contributed by atoms with van der Waals surface area (Å²) in [6, 6.07) is 5.42. The molecule has 0 saturated heterocycles. The fraction of sp³-hybridized carbons (Fsp3) is 0.533. The number of hydrogen-bond donors (Lipinski definition) is 1. The second kappa shape index (κ2) is 6.67. The first-order valence-corrected chi connectivity index (χ1v) is 7.01. The van der Waals surface area contributed by atoms with Crippen LogP contribution in [0.1, 0.15) is 26.7 Å². The zero-order chi connectivity index (χ0) is 15.3. The first-order chi connectivity index (χ1) is 10.0. The van der Waals surface area contributed by atoms with Crippen LogP contribution in [0.4, 0.5) is 0 Å². The van der Waals surface area contributed by atoms with Crippen molar-refractivity contribution in [3.8, 4) is 17.2 Å². The Bertz CT molecular complexity index is 501. The van der Waals surface area contributed by atoms with E-state index in [1.54, 1.807) is 19.9 Å². The van der Waals surface area contributed by atoms with Crippen LogP contribution in [0.3, 0.4) is 0 Å². The summed E-state index contributed by atoms with van der Waals surface area (Å²) in [5.41, 5.74) is 4.96. The molecule has 0 saturated carbocycles. The Morgan fingerprint density at radius 2 is 2.14 bits per heavy atom. The van der Waals surface area contributed by atoms with Crippen molar-refractivity contribution in [2.45, 2.75) is 32.2 Å². The molecule has 6 heteroatoms. The second-order valence-corrected chi connectivity index (χ2v) is 5.11. The van der Waals surface area contributed by atoms with E-state index in [2.05, 4.69) is 0 Å². The van der Waals surface area contributed by atoms with Gasteiger partial charge >= 0.3 is 5.97 Å². The van der Waals surface area contributed by atoms with Crippen molar-refractivity contribution in [3.05, 3.63) is 18.2 Å². The van der Waals surface area contributed by atoms with Crippen molar-refractivity contribution in [1.29, 1.82) is 0 Å². The highest BCUT2D eigenvalue weighted by Gasteiger charge is 2.29. The van der Waals surface area contributed by atoms with Gasteiger partial charge in [-0.1, -0.05) is 0 Å². The number of benzene rings is 1. The molecule has 0 amide bonds. The summed E-state index contributed by atoms with van der Waals surface area (Å²) in [5.74, 6) is 1.73. The van der Waals surface area contributed by atoms with E-state index in [1.165, 1.54) is 0 Å². The maximum Gasteiger partial charge on any atom is 0.325 e. The summed E-state index contributed by atoms with van der Waals surface area (Å²) in [7, 11) is 0. The molecule has 0 aromatic heterocycles. The Balaban J connectivity index is 1.76. The van der Waals surface area contributed by atoms with Crippen LogP contribution in [0.15, 0.2) is 18.2 Å². The minimum Gasteiger partial charge on any atom is -0.493 e. The molecule has 1 heterocycles. The van der Waals surface area contributed by atoms with Gasteiger partial charge in [0, 0.05) is 6.07 Å². The molecule has 1 aromatic carbocycles. The largest absolute Gasteiger partial charge is 0.493 e. The molecule has 1 aromatic rings. The molecule has 0 fully saturated rings. The first kappa shape index (κ1) is 15.4. The van der Waals surface area contributed by atoms with Gasteiger partial charge < -0.3 is 24.7 Å². The van der Waals surface area contributed by atoms with Crippen molar-refractivity contribution in [2.75, 3.05) is 20.0 Å². The predicted octanol–water partition coefficient (Wildman–Crippen LogP) is 1.85. The van der Waals surface area contributed by atoms with Crippen molar-refractivity contribution >= 4 is 5.97 Å². The van der Waals surface area contributed by atoms with Gasteiger partial charge in [0.05, 0.1) is 13.2 Å². The van der Waals surface area contributed by atoms with E-state index in [-0.39, 0.29) is 12.8 Å². The van der Waals surface area contributed by atoms with Crippen molar-refractivity contribution in [3.63, 3.8) is 0 Å². The Morgan fingerprint density at radius 3 is 2.90 bits per heavy atom. The molecule has 0 radical (unpaired) electrons. The highest BCUT2D eigenvalue weighted by Crippen LogP contribution is 2.35. The molecule has 21 heavy (non-hydrogen) atoms. The maximum absolute atomic E-state index is 11.6. The van der Waals surface area contributed by atoms with Gasteiger partial charge in [0.15, 0.2) is 11.5 Å². The van der Waals surface area contributed by atoms with Crippen LogP contribution in [-0.2, 0) is 9.53 Å². The van der Waals surface area contributed by atoms with Gasteiger partial charge in [-0.2, -0.15) is 0 Å². The van der Waals surface area contributed by atoms with Crippen LogP contribution in [0.2, 0.25) is 0 Å². The third-order valence-electron chi connectivity index (χ3n) is 3.19. The molecule has 0 bridgehead atoms. The van der Waals surface area contributed by atoms with Crippen LogP contribution < -0.4 is 19.9 Å². The second-order valence-electron chi connectivity index (χ2n) is 5.11. The third-order valence-corrected chi connectivity index (χ3v) is 3.19. The lowest BCUT2D eigenvalue weighted by Crippen LogP contribution is -2.46. The van der Waals surface area contributed by atoms with Gasteiger partial charge in [-0.3, -0.25) is 4.79 Å². The molecule has 0 aliphatic carbocycles. The number of fused-ring (bicyclic) bond motifs is 1. The normalized spacial score (nSPS) is 15.4. The summed E-state index contributed by atoms with van der Waals surface area (Å²) >= 11 is 0. The van der Waals surface area contributed by atoms with E-state index in [4.69, 9.17) is 24.7 Å². The summed E-state index contributed by atoms with van der Waals surface area (Å²) in [4.78, 5) is 11.6. The number of carbonyl (C=O) groups is 1. The number of nitrogens with two attached hydrogens (primary N) is 1. The van der Waals surface area contributed by atoms with Crippen LogP contribution in [0.25, 0.3) is 0 Å². The van der Waals surface area contributed by atoms with Crippen LogP contribution in [-0.4, -0.2) is 31.5 Å². The number of hydrogen-bond acceptors (Lipinski definition) is 6. The Labute approximate surface area is 124 Å². The number of ether oxygens (including phenoxy) is 4. The standard InChI is InChI=1S/C15H21NO5/c1-3-18-14(17)15(2,16)7-4-8-19-11-5-6-12-13(9-11)21-10-20-12/h5-6,9H,3-4,7-8,10,16H2,1-2H3. The highest BCUT2D eigenvalue weighted by molar-refractivity contribution is 5.79. The van der Waals surface area contributed by atoms with Gasteiger partial charge in [-0.05, 0) is 38.8 Å². The fourth-order valence-electron chi connectivity index (χ4n) is 1.99. The van der Waals surface area contributed by atoms with E-state index in [1.807, 2.05) is 12.1 Å². The number of carbonyl (C=O) groups excluding carboxylic acids is 1. The lowest BCUT2D eigenvalue weighted by atomic mass is 9.98. The van der Waals surface area contributed by atoms with Crippen LogP contribution in [0.5, 0.6) is 17.2 Å². The smallest absolute Gasteiger partial charge is 0.325 e. The SMILES string of the molecule is CCOC(=O)C(C)(N)CCCOc1ccc2c(c1)OCO2. The van der Waals surface area contributed by atoms with E-state index in [0.717, 1.165) is 5.75 Å². The van der Waals surface area contributed by atoms with Crippen LogP contribution >= 0.6 is 0 Å². The molecule has 2 rings (SSSR count). The Morgan fingerprint density at radius 1 is 1.38 bits per heavy atom. The maximum atomic E-state index is 11.6. The zero-order valence-corrected chi connectivity index (χ0v) is 12.4. The zero-order valence-electron chi connectivity index (χ0n) is 12.4. The van der Waals surface area contributed by atoms with Gasteiger partial charge in [0.1, 0.15) is 11.3 Å². The monoisotopic (exact) mass is 295 g/mol. The van der Waals surface area contributed by atoms with Gasteiger partial charge in [0.2, 0.25) is 6.79 Å². The first-order valence-electron chi connectivity index (χ1n) is 7.01. The molecule has 2 N–H and O–H groups in total. The van der Waals surface area contributed by atoms with Crippen molar-refractivity contribution in [1.82, 2.24) is 0 Å². The summed E-state index contributed by atoms with van der Waals surface area (Å²) < 4.78 is 21.1. The minimum atomic E-state index is -0.978. The summed E-state index contributed by atoms with van der Waals surface area (Å²) in [6.45, 7) is 4.47. The molecular formula is C15H21NO5. The highest BCUT2D eigenvalue weighted by atomic mass is 16.7. The molecule has 1 unspecified atom stereocenters. The predicted molar refractivity (Wildman–Crippen MR) is 76.5 cm³/mol. The lowest BCUT2D eigenvalue weighted by Gasteiger charge is -2.22.